The van der Waals surface area contributed by atoms with Crippen LogP contribution in [-0.4, -0.2) is 87.9 Å². The van der Waals surface area contributed by atoms with Crippen molar-refractivity contribution >= 4 is 29.3 Å². The summed E-state index contributed by atoms with van der Waals surface area (Å²) in [6.07, 6.45) is 4.66. The highest BCUT2D eigenvalue weighted by Crippen LogP contribution is 2.29. The number of likely N-dealkylation sites (N-methyl/N-ethyl adjacent to an activating group) is 1. The normalized spacial score (nSPS) is 13.6. The van der Waals surface area contributed by atoms with Crippen LogP contribution < -0.4 is 4.90 Å². The number of carboxylic acids is 2. The summed E-state index contributed by atoms with van der Waals surface area (Å²) < 4.78 is 15.4. The molecule has 4 aromatic rings. The van der Waals surface area contributed by atoms with Crippen LogP contribution in [0.3, 0.4) is 0 Å². The third-order valence-corrected chi connectivity index (χ3v) is 8.39. The van der Waals surface area contributed by atoms with Crippen LogP contribution in [0.5, 0.6) is 0 Å². The topological polar surface area (TPSA) is 131 Å². The number of halogens is 1. The predicted molar refractivity (Wildman–Crippen MR) is 189 cm³/mol. The Hall–Kier alpha value is -5.68. The van der Waals surface area contributed by atoms with Gasteiger partial charge in [0.15, 0.2) is 5.78 Å². The maximum Gasteiger partial charge on any atom is 0.328 e. The summed E-state index contributed by atoms with van der Waals surface area (Å²) in [6, 6.07) is 25.9. The number of aromatic nitrogens is 1. The maximum atomic E-state index is 15.4. The number of carbonyl (C=O) groups is 4. The van der Waals surface area contributed by atoms with Gasteiger partial charge >= 0.3 is 11.9 Å². The number of benzene rings is 3. The molecule has 10 nitrogen and oxygen atoms in total. The number of pyridine rings is 1. The molecule has 1 unspecified atom stereocenters. The van der Waals surface area contributed by atoms with Gasteiger partial charge in [-0.2, -0.15) is 0 Å². The number of amides is 1. The van der Waals surface area contributed by atoms with E-state index in [-0.39, 0.29) is 30.0 Å². The van der Waals surface area contributed by atoms with Crippen molar-refractivity contribution in [2.24, 2.45) is 0 Å². The third kappa shape index (κ3) is 9.93. The van der Waals surface area contributed by atoms with Gasteiger partial charge in [0.05, 0.1) is 5.69 Å². The van der Waals surface area contributed by atoms with E-state index in [2.05, 4.69) is 9.88 Å². The van der Waals surface area contributed by atoms with Gasteiger partial charge in [0.1, 0.15) is 11.9 Å². The largest absolute Gasteiger partial charge is 0.478 e. The second-order valence-corrected chi connectivity index (χ2v) is 11.5. The van der Waals surface area contributed by atoms with E-state index in [4.69, 9.17) is 10.2 Å². The van der Waals surface area contributed by atoms with Crippen molar-refractivity contribution in [1.29, 1.82) is 0 Å². The molecule has 1 aromatic heterocycles. The molecule has 2 heterocycles. The zero-order chi connectivity index (χ0) is 36.0. The first-order valence-electron chi connectivity index (χ1n) is 16.4. The van der Waals surface area contributed by atoms with Gasteiger partial charge in [0.2, 0.25) is 5.91 Å². The van der Waals surface area contributed by atoms with Crippen molar-refractivity contribution in [3.8, 4) is 11.1 Å². The van der Waals surface area contributed by atoms with Crippen LogP contribution >= 0.6 is 0 Å². The molecule has 5 rings (SSSR count). The Labute approximate surface area is 291 Å². The number of carbonyl (C=O) groups excluding carboxylic acids is 2. The van der Waals surface area contributed by atoms with Gasteiger partial charge in [0, 0.05) is 81.4 Å². The molecule has 1 aliphatic heterocycles. The van der Waals surface area contributed by atoms with E-state index in [1.54, 1.807) is 18.5 Å². The molecule has 0 bridgehead atoms. The van der Waals surface area contributed by atoms with Crippen LogP contribution in [0.25, 0.3) is 11.1 Å². The minimum absolute atomic E-state index is 0.0694. The fourth-order valence-corrected chi connectivity index (χ4v) is 5.91. The zero-order valence-electron chi connectivity index (χ0n) is 28.1. The second kappa shape index (κ2) is 18.2. The van der Waals surface area contributed by atoms with E-state index in [0.717, 1.165) is 16.7 Å². The van der Waals surface area contributed by atoms with Crippen molar-refractivity contribution in [3.05, 3.63) is 132 Å². The highest BCUT2D eigenvalue weighted by atomic mass is 19.1. The van der Waals surface area contributed by atoms with Crippen LogP contribution in [0.1, 0.15) is 41.4 Å². The molecule has 0 aliphatic carbocycles. The number of Topliss-reactive ketones (excluding diaryl/α,β-unsaturated/α-hetero) is 1. The Bertz CT molecular complexity index is 1770. The summed E-state index contributed by atoms with van der Waals surface area (Å²) in [7, 11) is 0. The lowest BCUT2D eigenvalue weighted by molar-refractivity contribution is -0.137. The average Bonchev–Trinajstić information content (AvgIpc) is 3.13. The SMILES string of the molecule is CCN(CC)C(=O)C(c1ccccc1)N1CCN(c2ccc(CC(=O)c3ccccc3-c3cccnc3)cc2F)CC1.O=C(O)/C=C\C(=O)O. The number of hydrogen-bond acceptors (Lipinski definition) is 7. The van der Waals surface area contributed by atoms with Crippen molar-refractivity contribution in [2.75, 3.05) is 44.2 Å². The molecule has 1 aliphatic rings. The number of nitrogens with zero attached hydrogens (tertiary/aromatic N) is 4. The van der Waals surface area contributed by atoms with E-state index in [0.29, 0.717) is 68.2 Å². The number of hydrogen-bond donors (Lipinski definition) is 2. The summed E-state index contributed by atoms with van der Waals surface area (Å²) in [6.45, 7) is 7.79. The lowest BCUT2D eigenvalue weighted by atomic mass is 9.95. The summed E-state index contributed by atoms with van der Waals surface area (Å²) in [5.41, 5.74) is 4.42. The van der Waals surface area contributed by atoms with Crippen LogP contribution in [0.15, 0.2) is 109 Å². The standard InChI is InChI=1S/C35H37FN4O2.C4H4O4/c1-3-38(4-2)35(42)34(27-11-6-5-7-12-27)40-21-19-39(20-22-40)32-17-16-26(23-31(32)36)24-33(41)30-15-9-8-14-29(30)28-13-10-18-37-25-28;5-3(6)1-2-4(7)8/h5-18,23,25,34H,3-4,19-22,24H2,1-2H3;1-2H,(H,5,6)(H,7,8)/b;2-1-. The first-order chi connectivity index (χ1) is 24.1. The first-order valence-corrected chi connectivity index (χ1v) is 16.4. The molecule has 2 N–H and O–H groups in total. The monoisotopic (exact) mass is 680 g/mol. The molecule has 1 fully saturated rings. The minimum Gasteiger partial charge on any atom is -0.478 e. The van der Waals surface area contributed by atoms with Gasteiger partial charge in [0.25, 0.3) is 0 Å². The molecular formula is C39H41FN4O6. The predicted octanol–water partition coefficient (Wildman–Crippen LogP) is 5.76. The maximum absolute atomic E-state index is 15.4. The summed E-state index contributed by atoms with van der Waals surface area (Å²) >= 11 is 0. The van der Waals surface area contributed by atoms with Crippen molar-refractivity contribution < 1.29 is 33.8 Å². The Morgan fingerprint density at radius 2 is 1.48 bits per heavy atom. The highest BCUT2D eigenvalue weighted by molar-refractivity contribution is 6.03. The highest BCUT2D eigenvalue weighted by Gasteiger charge is 2.33. The van der Waals surface area contributed by atoms with Gasteiger partial charge in [-0.05, 0) is 48.7 Å². The van der Waals surface area contributed by atoms with Gasteiger partial charge < -0.3 is 20.0 Å². The summed E-state index contributed by atoms with van der Waals surface area (Å²) in [5.74, 6) is -2.82. The van der Waals surface area contributed by atoms with Crippen LogP contribution in [-0.2, 0) is 20.8 Å². The van der Waals surface area contributed by atoms with E-state index < -0.39 is 11.9 Å². The van der Waals surface area contributed by atoms with Crippen molar-refractivity contribution in [1.82, 2.24) is 14.8 Å². The molecule has 0 radical (unpaired) electrons. The number of rotatable bonds is 12. The first kappa shape index (κ1) is 37.1. The van der Waals surface area contributed by atoms with Gasteiger partial charge in [-0.15, -0.1) is 0 Å². The van der Waals surface area contributed by atoms with Crippen LogP contribution in [0.4, 0.5) is 10.1 Å². The van der Waals surface area contributed by atoms with Crippen molar-refractivity contribution in [2.45, 2.75) is 26.3 Å². The van der Waals surface area contributed by atoms with E-state index >= 15 is 4.39 Å². The molecule has 0 saturated carbocycles. The minimum atomic E-state index is -1.26. The average molecular weight is 681 g/mol. The zero-order valence-corrected chi connectivity index (χ0v) is 28.1. The number of ketones is 1. The fourth-order valence-electron chi connectivity index (χ4n) is 5.91. The third-order valence-electron chi connectivity index (χ3n) is 8.39. The molecule has 50 heavy (non-hydrogen) atoms. The molecule has 1 atom stereocenters. The van der Waals surface area contributed by atoms with E-state index in [9.17, 15) is 19.2 Å². The van der Waals surface area contributed by atoms with E-state index in [1.165, 1.54) is 6.07 Å². The second-order valence-electron chi connectivity index (χ2n) is 11.5. The smallest absolute Gasteiger partial charge is 0.328 e. The molecule has 1 amide bonds. The Balaban J connectivity index is 0.000000627. The van der Waals surface area contributed by atoms with Gasteiger partial charge in [-0.3, -0.25) is 19.5 Å². The van der Waals surface area contributed by atoms with Crippen LogP contribution in [0, 0.1) is 5.82 Å². The number of carboxylic acid groups (broad SMARTS) is 2. The molecule has 11 heteroatoms. The number of piperazine rings is 1. The van der Waals surface area contributed by atoms with Crippen molar-refractivity contribution in [3.63, 3.8) is 0 Å². The molecule has 0 spiro atoms. The quantitative estimate of drug-likeness (QED) is 0.142. The molecule has 260 valence electrons. The summed E-state index contributed by atoms with van der Waals surface area (Å²) in [5, 5.41) is 15.6. The lowest BCUT2D eigenvalue weighted by Crippen LogP contribution is -2.52. The molecule has 3 aromatic carbocycles. The molecular weight excluding hydrogens is 639 g/mol. The van der Waals surface area contributed by atoms with E-state index in [1.807, 2.05) is 96.4 Å². The molecule has 1 saturated heterocycles. The Morgan fingerprint density at radius 1 is 0.840 bits per heavy atom. The lowest BCUT2D eigenvalue weighted by Gasteiger charge is -2.41. The van der Waals surface area contributed by atoms with Crippen LogP contribution in [0.2, 0.25) is 0 Å². The fraction of sp³-hybridized carbons (Fsp3) is 0.256. The Kier molecular flexibility index (Phi) is 13.5. The Morgan fingerprint density at radius 3 is 2.06 bits per heavy atom. The number of anilines is 1. The van der Waals surface area contributed by atoms with Gasteiger partial charge in [-0.25, -0.2) is 14.0 Å². The number of aliphatic carboxylic acids is 2. The summed E-state index contributed by atoms with van der Waals surface area (Å²) in [4.78, 5) is 56.2. The van der Waals surface area contributed by atoms with Gasteiger partial charge in [-0.1, -0.05) is 66.7 Å².